The lowest BCUT2D eigenvalue weighted by Crippen LogP contribution is -2.29. The second-order valence-corrected chi connectivity index (χ2v) is 6.16. The van der Waals surface area contributed by atoms with Gasteiger partial charge in [-0.2, -0.15) is 0 Å². The number of thioether (sulfide) groups is 1. The van der Waals surface area contributed by atoms with Gasteiger partial charge in [-0.1, -0.05) is 29.5 Å². The molecule has 2 aromatic rings. The van der Waals surface area contributed by atoms with E-state index in [1.54, 1.807) is 6.20 Å². The SMILES string of the molecule is Nc1ncc(SCC(=O)NCCOc2ccccc2)s1. The van der Waals surface area contributed by atoms with Crippen LogP contribution in [0, 0.1) is 0 Å². The molecule has 20 heavy (non-hydrogen) atoms. The number of carbonyl (C=O) groups excluding carboxylic acids is 1. The van der Waals surface area contributed by atoms with Gasteiger partial charge in [0.05, 0.1) is 22.7 Å². The Morgan fingerprint density at radius 2 is 2.20 bits per heavy atom. The Hall–Kier alpha value is -1.73. The lowest BCUT2D eigenvalue weighted by molar-refractivity contribution is -0.118. The lowest BCUT2D eigenvalue weighted by atomic mass is 10.3. The van der Waals surface area contributed by atoms with Gasteiger partial charge in [0, 0.05) is 0 Å². The zero-order valence-electron chi connectivity index (χ0n) is 10.7. The molecular formula is C13H15N3O2S2. The Morgan fingerprint density at radius 1 is 1.40 bits per heavy atom. The number of anilines is 1. The van der Waals surface area contributed by atoms with Crippen LogP contribution in [0.3, 0.4) is 0 Å². The summed E-state index contributed by atoms with van der Waals surface area (Å²) >= 11 is 2.81. The van der Waals surface area contributed by atoms with E-state index >= 15 is 0 Å². The Labute approximate surface area is 125 Å². The monoisotopic (exact) mass is 309 g/mol. The molecule has 2 rings (SSSR count). The predicted molar refractivity (Wildman–Crippen MR) is 82.2 cm³/mol. The van der Waals surface area contributed by atoms with Crippen molar-refractivity contribution < 1.29 is 9.53 Å². The number of ether oxygens (including phenoxy) is 1. The molecule has 0 bridgehead atoms. The fraction of sp³-hybridized carbons (Fsp3) is 0.231. The predicted octanol–water partition coefficient (Wildman–Crippen LogP) is 2.01. The highest BCUT2D eigenvalue weighted by Gasteiger charge is 2.04. The van der Waals surface area contributed by atoms with Crippen LogP contribution in [0.1, 0.15) is 0 Å². The molecule has 0 radical (unpaired) electrons. The molecule has 1 heterocycles. The minimum Gasteiger partial charge on any atom is -0.492 e. The van der Waals surface area contributed by atoms with E-state index in [1.807, 2.05) is 30.3 Å². The van der Waals surface area contributed by atoms with E-state index < -0.39 is 0 Å². The van der Waals surface area contributed by atoms with Crippen LogP contribution >= 0.6 is 23.1 Å². The topological polar surface area (TPSA) is 77.2 Å². The summed E-state index contributed by atoms with van der Waals surface area (Å²) in [6.07, 6.45) is 1.68. The molecule has 0 aliphatic carbocycles. The number of rotatable bonds is 7. The first-order valence-electron chi connectivity index (χ1n) is 6.02. The highest BCUT2D eigenvalue weighted by atomic mass is 32.2. The summed E-state index contributed by atoms with van der Waals surface area (Å²) in [5.41, 5.74) is 5.52. The molecule has 5 nitrogen and oxygen atoms in total. The lowest BCUT2D eigenvalue weighted by Gasteiger charge is -2.07. The van der Waals surface area contributed by atoms with E-state index in [9.17, 15) is 4.79 Å². The summed E-state index contributed by atoms with van der Waals surface area (Å²) in [5.74, 6) is 1.13. The standard InChI is InChI=1S/C13H15N3O2S2/c14-13-16-8-12(20-13)19-9-11(17)15-6-7-18-10-4-2-1-3-5-10/h1-5,8H,6-7,9H2,(H2,14,16)(H,15,17). The number of carbonyl (C=O) groups is 1. The van der Waals surface area contributed by atoms with Gasteiger partial charge in [0.2, 0.25) is 5.91 Å². The Kier molecular flexibility index (Phi) is 5.69. The van der Waals surface area contributed by atoms with Crippen LogP contribution in [-0.4, -0.2) is 29.8 Å². The van der Waals surface area contributed by atoms with E-state index in [1.165, 1.54) is 23.1 Å². The van der Waals surface area contributed by atoms with Gasteiger partial charge < -0.3 is 15.8 Å². The Morgan fingerprint density at radius 3 is 2.90 bits per heavy atom. The molecule has 3 N–H and O–H groups in total. The second kappa shape index (κ2) is 7.76. The molecule has 0 spiro atoms. The molecule has 1 aromatic carbocycles. The van der Waals surface area contributed by atoms with Crippen LogP contribution in [0.25, 0.3) is 0 Å². The van der Waals surface area contributed by atoms with Crippen molar-refractivity contribution >= 4 is 34.1 Å². The average molecular weight is 309 g/mol. The van der Waals surface area contributed by atoms with Gasteiger partial charge in [-0.3, -0.25) is 4.79 Å². The first-order valence-corrected chi connectivity index (χ1v) is 7.83. The molecule has 0 atom stereocenters. The quantitative estimate of drug-likeness (QED) is 0.604. The van der Waals surface area contributed by atoms with Crippen molar-refractivity contribution in [3.05, 3.63) is 36.5 Å². The van der Waals surface area contributed by atoms with Crippen LogP contribution in [0.15, 0.2) is 40.7 Å². The van der Waals surface area contributed by atoms with Gasteiger partial charge in [0.25, 0.3) is 0 Å². The van der Waals surface area contributed by atoms with E-state index in [0.29, 0.717) is 24.0 Å². The number of nitrogens with two attached hydrogens (primary N) is 1. The molecule has 0 saturated heterocycles. The molecule has 106 valence electrons. The number of nitrogens with zero attached hydrogens (tertiary/aromatic N) is 1. The van der Waals surface area contributed by atoms with Crippen molar-refractivity contribution in [2.45, 2.75) is 4.21 Å². The van der Waals surface area contributed by atoms with E-state index in [-0.39, 0.29) is 5.91 Å². The minimum absolute atomic E-state index is 0.0290. The molecular weight excluding hydrogens is 294 g/mol. The molecule has 0 saturated carbocycles. The zero-order chi connectivity index (χ0) is 14.2. The number of aromatic nitrogens is 1. The summed E-state index contributed by atoms with van der Waals surface area (Å²) in [7, 11) is 0. The number of hydrogen-bond donors (Lipinski definition) is 2. The zero-order valence-corrected chi connectivity index (χ0v) is 12.4. The maximum atomic E-state index is 11.6. The third kappa shape index (κ3) is 5.10. The minimum atomic E-state index is -0.0290. The van der Waals surface area contributed by atoms with Gasteiger partial charge in [-0.25, -0.2) is 4.98 Å². The van der Waals surface area contributed by atoms with Crippen molar-refractivity contribution in [1.29, 1.82) is 0 Å². The first-order chi connectivity index (χ1) is 9.74. The molecule has 0 aliphatic heterocycles. The average Bonchev–Trinajstić information content (AvgIpc) is 2.88. The van der Waals surface area contributed by atoms with Gasteiger partial charge >= 0.3 is 0 Å². The van der Waals surface area contributed by atoms with Crippen molar-refractivity contribution in [2.24, 2.45) is 0 Å². The fourth-order valence-corrected chi connectivity index (χ4v) is 2.99. The third-order valence-corrected chi connectivity index (χ3v) is 4.31. The first kappa shape index (κ1) is 14.7. The highest BCUT2D eigenvalue weighted by molar-refractivity contribution is 8.01. The van der Waals surface area contributed by atoms with Gasteiger partial charge in [0.1, 0.15) is 12.4 Å². The normalized spacial score (nSPS) is 10.2. The van der Waals surface area contributed by atoms with E-state index in [0.717, 1.165) is 9.96 Å². The van der Waals surface area contributed by atoms with Crippen LogP contribution in [0.4, 0.5) is 5.13 Å². The van der Waals surface area contributed by atoms with E-state index in [2.05, 4.69) is 10.3 Å². The smallest absolute Gasteiger partial charge is 0.230 e. The number of para-hydroxylation sites is 1. The van der Waals surface area contributed by atoms with Crippen LogP contribution < -0.4 is 15.8 Å². The second-order valence-electron chi connectivity index (χ2n) is 3.82. The summed E-state index contributed by atoms with van der Waals surface area (Å²) in [4.78, 5) is 15.5. The highest BCUT2D eigenvalue weighted by Crippen LogP contribution is 2.25. The Bertz CT molecular complexity index is 546. The molecule has 0 fully saturated rings. The molecule has 1 aromatic heterocycles. The summed E-state index contributed by atoms with van der Waals surface area (Å²) in [6.45, 7) is 0.938. The van der Waals surface area contributed by atoms with Crippen LogP contribution in [0.2, 0.25) is 0 Å². The third-order valence-electron chi connectivity index (χ3n) is 2.28. The van der Waals surface area contributed by atoms with Crippen molar-refractivity contribution in [1.82, 2.24) is 10.3 Å². The summed E-state index contributed by atoms with van der Waals surface area (Å²) in [6, 6.07) is 9.51. The molecule has 1 amide bonds. The van der Waals surface area contributed by atoms with Gasteiger partial charge in [-0.15, -0.1) is 11.8 Å². The van der Waals surface area contributed by atoms with Crippen molar-refractivity contribution in [3.8, 4) is 5.75 Å². The molecule has 7 heteroatoms. The van der Waals surface area contributed by atoms with Gasteiger partial charge in [0.15, 0.2) is 5.13 Å². The van der Waals surface area contributed by atoms with Gasteiger partial charge in [-0.05, 0) is 12.1 Å². The number of nitrogen functional groups attached to an aromatic ring is 1. The number of hydrogen-bond acceptors (Lipinski definition) is 6. The Balaban J connectivity index is 1.58. The maximum Gasteiger partial charge on any atom is 0.230 e. The van der Waals surface area contributed by atoms with Crippen molar-refractivity contribution in [3.63, 3.8) is 0 Å². The largest absolute Gasteiger partial charge is 0.492 e. The number of benzene rings is 1. The number of nitrogens with one attached hydrogen (secondary N) is 1. The molecule has 0 unspecified atom stereocenters. The maximum absolute atomic E-state index is 11.6. The summed E-state index contributed by atoms with van der Waals surface area (Å²) < 4.78 is 6.42. The van der Waals surface area contributed by atoms with Crippen molar-refractivity contribution in [2.75, 3.05) is 24.6 Å². The number of thiazole rings is 1. The number of amides is 1. The molecule has 0 aliphatic rings. The summed E-state index contributed by atoms with van der Waals surface area (Å²) in [5, 5.41) is 3.32. The van der Waals surface area contributed by atoms with Crippen LogP contribution in [-0.2, 0) is 4.79 Å². The van der Waals surface area contributed by atoms with Crippen LogP contribution in [0.5, 0.6) is 5.75 Å². The van der Waals surface area contributed by atoms with E-state index in [4.69, 9.17) is 10.5 Å². The fourth-order valence-electron chi connectivity index (χ4n) is 1.40.